The van der Waals surface area contributed by atoms with Crippen LogP contribution in [-0.2, 0) is 25.7 Å². The van der Waals surface area contributed by atoms with E-state index in [2.05, 4.69) is 53.0 Å². The number of aryl methyl sites for hydroxylation is 4. The zero-order valence-corrected chi connectivity index (χ0v) is 22.4. The highest BCUT2D eigenvalue weighted by atomic mass is 14.9. The van der Waals surface area contributed by atoms with Crippen molar-refractivity contribution in [1.29, 1.82) is 0 Å². The summed E-state index contributed by atoms with van der Waals surface area (Å²) in [7, 11) is 0. The molecule has 0 amide bonds. The monoisotopic (exact) mass is 536 g/mol. The molecule has 0 N–H and O–H groups in total. The summed E-state index contributed by atoms with van der Waals surface area (Å²) in [5.41, 5.74) is 16.5. The molecule has 0 saturated carbocycles. The Morgan fingerprint density at radius 3 is 0.976 bits per heavy atom. The standard InChI is InChI=1S/C36H20N6/c1-2-22-30-24(34-20-8-12-40-16-28(20)42-26-14-38-10-6-18(26)32(22)36(34)42)4-3-23-29(30)21(1)31-17-5-9-37-13-25(17)41-27-15-39-11-7-19(27)33(23)35(31)41/h5-16H,1-4H2. The largest absolute Gasteiger partial charge is 0.305 e. The third-order valence-electron chi connectivity index (χ3n) is 10.5. The van der Waals surface area contributed by atoms with E-state index >= 15 is 0 Å². The first-order chi connectivity index (χ1) is 20.9. The average Bonchev–Trinajstić information content (AvgIpc) is 3.77. The van der Waals surface area contributed by atoms with Gasteiger partial charge in [0.25, 0.3) is 0 Å². The van der Waals surface area contributed by atoms with Crippen molar-refractivity contribution in [2.45, 2.75) is 25.7 Å². The van der Waals surface area contributed by atoms with E-state index < -0.39 is 0 Å². The third-order valence-corrected chi connectivity index (χ3v) is 10.5. The SMILES string of the molecule is c1cc2c3c4c5c(c6c7ccncc7n(c2cn1)c36)CCc1c-5c(c2c3ccncc3n3c5cnccc5c1c23)CC4. The molecule has 0 radical (unpaired) electrons. The van der Waals surface area contributed by atoms with Gasteiger partial charge in [0.1, 0.15) is 0 Å². The van der Waals surface area contributed by atoms with Crippen LogP contribution < -0.4 is 0 Å². The third kappa shape index (κ3) is 1.98. The zero-order chi connectivity index (χ0) is 26.8. The number of aromatic nitrogens is 6. The predicted molar refractivity (Wildman–Crippen MR) is 167 cm³/mol. The van der Waals surface area contributed by atoms with Crippen molar-refractivity contribution in [2.75, 3.05) is 0 Å². The van der Waals surface area contributed by atoms with Crippen LogP contribution in [0, 0.1) is 0 Å². The minimum atomic E-state index is 1.03. The molecule has 42 heavy (non-hydrogen) atoms. The van der Waals surface area contributed by atoms with Gasteiger partial charge in [-0.2, -0.15) is 0 Å². The van der Waals surface area contributed by atoms with Crippen LogP contribution >= 0.6 is 0 Å². The minimum Gasteiger partial charge on any atom is -0.305 e. The van der Waals surface area contributed by atoms with Crippen molar-refractivity contribution in [3.05, 3.63) is 96.1 Å². The fraction of sp³-hybridized carbons (Fsp3) is 0.111. The van der Waals surface area contributed by atoms with Crippen LogP contribution in [0.25, 0.3) is 87.3 Å². The van der Waals surface area contributed by atoms with E-state index in [0.717, 1.165) is 25.7 Å². The van der Waals surface area contributed by atoms with Crippen LogP contribution in [-0.4, -0.2) is 28.7 Å². The molecule has 8 heterocycles. The second-order valence-corrected chi connectivity index (χ2v) is 12.1. The Bertz CT molecular complexity index is 2470. The Labute approximate surface area is 237 Å². The van der Waals surface area contributed by atoms with Gasteiger partial charge in [0.05, 0.1) is 57.9 Å². The second-order valence-electron chi connectivity index (χ2n) is 12.1. The molecule has 194 valence electrons. The van der Waals surface area contributed by atoms with Crippen LogP contribution in [0.5, 0.6) is 0 Å². The van der Waals surface area contributed by atoms with Gasteiger partial charge in [-0.25, -0.2) is 0 Å². The van der Waals surface area contributed by atoms with Gasteiger partial charge in [0, 0.05) is 67.9 Å². The molecule has 6 heteroatoms. The normalized spacial score (nSPS) is 14.8. The van der Waals surface area contributed by atoms with Crippen molar-refractivity contribution < 1.29 is 0 Å². The zero-order valence-electron chi connectivity index (χ0n) is 22.4. The first kappa shape index (κ1) is 20.5. The number of hydrogen-bond acceptors (Lipinski definition) is 4. The molecule has 2 aromatic carbocycles. The summed E-state index contributed by atoms with van der Waals surface area (Å²) < 4.78 is 4.87. The summed E-state index contributed by atoms with van der Waals surface area (Å²) in [5, 5.41) is 10.8. The van der Waals surface area contributed by atoms with Crippen LogP contribution in [0.2, 0.25) is 0 Å². The number of nitrogens with zero attached hydrogens (tertiary/aromatic N) is 6. The second kappa shape index (κ2) is 6.58. The van der Waals surface area contributed by atoms with Crippen LogP contribution in [0.3, 0.4) is 0 Å². The lowest BCUT2D eigenvalue weighted by Crippen LogP contribution is -2.15. The van der Waals surface area contributed by atoms with Crippen molar-refractivity contribution in [2.24, 2.45) is 0 Å². The quantitative estimate of drug-likeness (QED) is 0.202. The van der Waals surface area contributed by atoms with E-state index in [4.69, 9.17) is 0 Å². The molecule has 0 saturated heterocycles. The summed E-state index contributed by atoms with van der Waals surface area (Å²) in [6.07, 6.45) is 20.1. The van der Waals surface area contributed by atoms with E-state index in [1.54, 1.807) is 0 Å². The van der Waals surface area contributed by atoms with Gasteiger partial charge in [0.2, 0.25) is 0 Å². The van der Waals surface area contributed by atoms with Crippen molar-refractivity contribution in [1.82, 2.24) is 28.7 Å². The van der Waals surface area contributed by atoms with Crippen LogP contribution in [0.1, 0.15) is 22.3 Å². The summed E-state index contributed by atoms with van der Waals surface area (Å²) in [5.74, 6) is 0. The fourth-order valence-electron chi connectivity index (χ4n) is 9.24. The fourth-order valence-corrected chi connectivity index (χ4v) is 9.24. The number of benzene rings is 2. The summed E-state index contributed by atoms with van der Waals surface area (Å²) in [6.45, 7) is 0. The molecule has 0 bridgehead atoms. The highest BCUT2D eigenvalue weighted by molar-refractivity contribution is 6.30. The Balaban J connectivity index is 1.40. The maximum absolute atomic E-state index is 4.57. The highest BCUT2D eigenvalue weighted by Crippen LogP contribution is 2.56. The topological polar surface area (TPSA) is 60.4 Å². The lowest BCUT2D eigenvalue weighted by molar-refractivity contribution is 0.902. The lowest BCUT2D eigenvalue weighted by atomic mass is 9.71. The molecule has 0 spiro atoms. The molecule has 6 nitrogen and oxygen atoms in total. The Morgan fingerprint density at radius 2 is 0.690 bits per heavy atom. The van der Waals surface area contributed by atoms with Crippen LogP contribution in [0.4, 0.5) is 0 Å². The molecule has 2 aliphatic carbocycles. The van der Waals surface area contributed by atoms with Gasteiger partial charge in [-0.05, 0) is 83.3 Å². The smallest absolute Gasteiger partial charge is 0.0725 e. The van der Waals surface area contributed by atoms with E-state index in [9.17, 15) is 0 Å². The number of hydrogen-bond donors (Lipinski definition) is 0. The number of pyridine rings is 4. The maximum Gasteiger partial charge on any atom is 0.0725 e. The highest BCUT2D eigenvalue weighted by Gasteiger charge is 2.36. The summed E-state index contributed by atoms with van der Waals surface area (Å²) in [6, 6.07) is 8.87. The maximum atomic E-state index is 4.57. The molecule has 0 atom stereocenters. The van der Waals surface area contributed by atoms with Gasteiger partial charge >= 0.3 is 0 Å². The lowest BCUT2D eigenvalue weighted by Gasteiger charge is -2.32. The Morgan fingerprint density at radius 1 is 0.405 bits per heavy atom. The van der Waals surface area contributed by atoms with E-state index in [1.807, 2.05) is 49.6 Å². The molecular weight excluding hydrogens is 516 g/mol. The molecule has 0 unspecified atom stereocenters. The van der Waals surface area contributed by atoms with Gasteiger partial charge in [0.15, 0.2) is 0 Å². The summed E-state index contributed by atoms with van der Waals surface area (Å²) >= 11 is 0. The average molecular weight is 537 g/mol. The molecule has 0 fully saturated rings. The van der Waals surface area contributed by atoms with E-state index in [1.165, 1.54) is 110 Å². The first-order valence-electron chi connectivity index (χ1n) is 14.7. The minimum absolute atomic E-state index is 1.03. The van der Waals surface area contributed by atoms with Gasteiger partial charge < -0.3 is 8.80 Å². The van der Waals surface area contributed by atoms with Gasteiger partial charge in [-0.1, -0.05) is 0 Å². The number of rotatable bonds is 0. The molecule has 8 aromatic heterocycles. The molecule has 0 aliphatic heterocycles. The van der Waals surface area contributed by atoms with Crippen molar-refractivity contribution in [3.63, 3.8) is 0 Å². The molecule has 10 aromatic rings. The van der Waals surface area contributed by atoms with Crippen LogP contribution in [0.15, 0.2) is 73.8 Å². The van der Waals surface area contributed by atoms with Crippen molar-refractivity contribution in [3.8, 4) is 11.1 Å². The molecular formula is C36H20N6. The van der Waals surface area contributed by atoms with E-state index in [0.29, 0.717) is 0 Å². The van der Waals surface area contributed by atoms with Gasteiger partial charge in [-0.3, -0.25) is 19.9 Å². The number of fused-ring (bicyclic) bond motifs is 16. The van der Waals surface area contributed by atoms with Gasteiger partial charge in [-0.15, -0.1) is 0 Å². The molecule has 2 aliphatic rings. The first-order valence-corrected chi connectivity index (χ1v) is 14.7. The van der Waals surface area contributed by atoms with E-state index in [-0.39, 0.29) is 0 Å². The predicted octanol–water partition coefficient (Wildman–Crippen LogP) is 7.43. The molecule has 12 rings (SSSR count). The Kier molecular flexibility index (Phi) is 3.21. The van der Waals surface area contributed by atoms with Crippen molar-refractivity contribution >= 4 is 76.2 Å². The Hall–Kier alpha value is -5.36. The summed E-state index contributed by atoms with van der Waals surface area (Å²) in [4.78, 5) is 18.3.